The van der Waals surface area contributed by atoms with Crippen molar-refractivity contribution in [1.29, 1.82) is 0 Å². The molecule has 1 aromatic heterocycles. The molecule has 0 amide bonds. The summed E-state index contributed by atoms with van der Waals surface area (Å²) >= 11 is 9.51. The molecule has 2 N–H and O–H groups in total. The molecule has 0 bridgehead atoms. The SMILES string of the molecule is Cc1ccc(Cl)cc1Nc1cnnc(Nc2ccccc2Br)n1. The highest BCUT2D eigenvalue weighted by Gasteiger charge is 2.06. The van der Waals surface area contributed by atoms with E-state index >= 15 is 0 Å². The van der Waals surface area contributed by atoms with Crippen molar-refractivity contribution in [2.45, 2.75) is 6.92 Å². The van der Waals surface area contributed by atoms with Gasteiger partial charge in [0, 0.05) is 15.2 Å². The van der Waals surface area contributed by atoms with Crippen molar-refractivity contribution in [1.82, 2.24) is 15.2 Å². The largest absolute Gasteiger partial charge is 0.339 e. The van der Waals surface area contributed by atoms with Crippen molar-refractivity contribution in [2.24, 2.45) is 0 Å². The molecule has 0 aliphatic rings. The van der Waals surface area contributed by atoms with Crippen molar-refractivity contribution in [3.8, 4) is 0 Å². The Morgan fingerprint density at radius 2 is 1.87 bits per heavy atom. The van der Waals surface area contributed by atoms with Gasteiger partial charge in [0.25, 0.3) is 0 Å². The average Bonchev–Trinajstić information content (AvgIpc) is 2.54. The zero-order chi connectivity index (χ0) is 16.2. The second-order valence-electron chi connectivity index (χ2n) is 4.85. The van der Waals surface area contributed by atoms with Gasteiger partial charge in [0.2, 0.25) is 5.95 Å². The number of aryl methyl sites for hydroxylation is 1. The lowest BCUT2D eigenvalue weighted by Crippen LogP contribution is -2.03. The molecule has 1 heterocycles. The number of aromatic nitrogens is 3. The Labute approximate surface area is 147 Å². The Balaban J connectivity index is 1.83. The molecule has 0 aliphatic carbocycles. The van der Waals surface area contributed by atoms with Crippen LogP contribution < -0.4 is 10.6 Å². The van der Waals surface area contributed by atoms with Crippen molar-refractivity contribution in [3.05, 3.63) is 63.7 Å². The van der Waals surface area contributed by atoms with E-state index in [1.807, 2.05) is 49.4 Å². The third-order valence-corrected chi connectivity index (χ3v) is 4.07. The minimum atomic E-state index is 0.404. The van der Waals surface area contributed by atoms with E-state index in [4.69, 9.17) is 11.6 Å². The number of para-hydroxylation sites is 1. The van der Waals surface area contributed by atoms with Crippen LogP contribution >= 0.6 is 27.5 Å². The molecule has 3 aromatic rings. The maximum atomic E-state index is 6.03. The van der Waals surface area contributed by atoms with Crippen molar-refractivity contribution in [2.75, 3.05) is 10.6 Å². The van der Waals surface area contributed by atoms with Crippen LogP contribution in [0.4, 0.5) is 23.1 Å². The maximum absolute atomic E-state index is 6.03. The first-order valence-electron chi connectivity index (χ1n) is 6.86. The number of nitrogens with one attached hydrogen (secondary N) is 2. The van der Waals surface area contributed by atoms with E-state index in [-0.39, 0.29) is 0 Å². The van der Waals surface area contributed by atoms with Crippen molar-refractivity contribution in [3.63, 3.8) is 0 Å². The molecule has 0 saturated heterocycles. The van der Waals surface area contributed by atoms with E-state index < -0.39 is 0 Å². The molecular formula is C16H13BrClN5. The number of halogens is 2. The topological polar surface area (TPSA) is 62.7 Å². The van der Waals surface area contributed by atoms with E-state index in [0.717, 1.165) is 21.4 Å². The minimum absolute atomic E-state index is 0.404. The molecule has 3 rings (SSSR count). The zero-order valence-electron chi connectivity index (χ0n) is 12.2. The second kappa shape index (κ2) is 6.93. The quantitative estimate of drug-likeness (QED) is 0.650. The summed E-state index contributed by atoms with van der Waals surface area (Å²) in [5.41, 5.74) is 2.81. The summed E-state index contributed by atoms with van der Waals surface area (Å²) in [5, 5.41) is 15.0. The first-order valence-corrected chi connectivity index (χ1v) is 8.03. The minimum Gasteiger partial charge on any atom is -0.339 e. The molecule has 0 atom stereocenters. The fourth-order valence-electron chi connectivity index (χ4n) is 1.97. The fourth-order valence-corrected chi connectivity index (χ4v) is 2.52. The third-order valence-electron chi connectivity index (χ3n) is 3.14. The van der Waals surface area contributed by atoms with Crippen LogP contribution in [0.5, 0.6) is 0 Å². The third kappa shape index (κ3) is 3.97. The van der Waals surface area contributed by atoms with Gasteiger partial charge >= 0.3 is 0 Å². The smallest absolute Gasteiger partial charge is 0.249 e. The Bertz CT molecular complexity index is 840. The lowest BCUT2D eigenvalue weighted by molar-refractivity contribution is 0.982. The van der Waals surface area contributed by atoms with E-state index in [9.17, 15) is 0 Å². The van der Waals surface area contributed by atoms with Crippen LogP contribution in [0.3, 0.4) is 0 Å². The maximum Gasteiger partial charge on any atom is 0.249 e. The summed E-state index contributed by atoms with van der Waals surface area (Å²) in [5.74, 6) is 0.988. The Morgan fingerprint density at radius 3 is 2.70 bits per heavy atom. The van der Waals surface area contributed by atoms with Gasteiger partial charge in [-0.25, -0.2) is 0 Å². The van der Waals surface area contributed by atoms with Crippen molar-refractivity contribution >= 4 is 50.7 Å². The van der Waals surface area contributed by atoms with Crippen LogP contribution in [-0.2, 0) is 0 Å². The predicted octanol–water partition coefficient (Wildman–Crippen LogP) is 5.08. The molecule has 0 aliphatic heterocycles. The van der Waals surface area contributed by atoms with E-state index in [0.29, 0.717) is 16.8 Å². The molecule has 0 unspecified atom stereocenters. The van der Waals surface area contributed by atoms with E-state index in [1.54, 1.807) is 6.20 Å². The Kier molecular flexibility index (Phi) is 4.73. The van der Waals surface area contributed by atoms with Gasteiger partial charge in [-0.15, -0.1) is 5.10 Å². The molecule has 23 heavy (non-hydrogen) atoms. The van der Waals surface area contributed by atoms with Gasteiger partial charge in [0.15, 0.2) is 5.82 Å². The van der Waals surface area contributed by atoms with Gasteiger partial charge in [-0.3, -0.25) is 0 Å². The molecule has 7 heteroatoms. The summed E-state index contributed by atoms with van der Waals surface area (Å²) < 4.78 is 0.924. The number of anilines is 4. The molecule has 0 radical (unpaired) electrons. The fraction of sp³-hybridized carbons (Fsp3) is 0.0625. The highest BCUT2D eigenvalue weighted by Crippen LogP contribution is 2.25. The van der Waals surface area contributed by atoms with Crippen LogP contribution in [0.2, 0.25) is 5.02 Å². The van der Waals surface area contributed by atoms with Gasteiger partial charge in [0.1, 0.15) is 0 Å². The molecule has 5 nitrogen and oxygen atoms in total. The number of hydrogen-bond donors (Lipinski definition) is 2. The predicted molar refractivity (Wildman–Crippen MR) is 96.7 cm³/mol. The lowest BCUT2D eigenvalue weighted by Gasteiger charge is -2.10. The van der Waals surface area contributed by atoms with Crippen LogP contribution in [0, 0.1) is 6.92 Å². The molecule has 0 spiro atoms. The molecule has 0 fully saturated rings. The monoisotopic (exact) mass is 389 g/mol. The van der Waals surface area contributed by atoms with Gasteiger partial charge < -0.3 is 10.6 Å². The van der Waals surface area contributed by atoms with Crippen LogP contribution in [0.25, 0.3) is 0 Å². The summed E-state index contributed by atoms with van der Waals surface area (Å²) in [4.78, 5) is 4.42. The first-order chi connectivity index (χ1) is 11.1. The van der Waals surface area contributed by atoms with Gasteiger partial charge in [-0.2, -0.15) is 10.1 Å². The summed E-state index contributed by atoms with van der Waals surface area (Å²) in [7, 11) is 0. The zero-order valence-corrected chi connectivity index (χ0v) is 14.6. The molecule has 116 valence electrons. The number of hydrogen-bond acceptors (Lipinski definition) is 5. The van der Waals surface area contributed by atoms with Gasteiger partial charge in [0.05, 0.1) is 11.9 Å². The second-order valence-corrected chi connectivity index (χ2v) is 6.15. The van der Waals surface area contributed by atoms with Crippen LogP contribution in [0.15, 0.2) is 53.1 Å². The highest BCUT2D eigenvalue weighted by atomic mass is 79.9. The molecular weight excluding hydrogens is 378 g/mol. The highest BCUT2D eigenvalue weighted by molar-refractivity contribution is 9.10. The first kappa shape index (κ1) is 15.7. The van der Waals surface area contributed by atoms with E-state index in [2.05, 4.69) is 41.7 Å². The number of benzene rings is 2. The van der Waals surface area contributed by atoms with Crippen LogP contribution in [-0.4, -0.2) is 15.2 Å². The van der Waals surface area contributed by atoms with E-state index in [1.165, 1.54) is 0 Å². The number of rotatable bonds is 4. The van der Waals surface area contributed by atoms with Gasteiger partial charge in [-0.05, 0) is 52.7 Å². The standard InChI is InChI=1S/C16H13BrClN5/c1-10-6-7-11(18)8-14(10)20-15-9-19-23-16(22-15)21-13-5-3-2-4-12(13)17/h2-9H,1H3,(H2,20,21,22,23). The van der Waals surface area contributed by atoms with Crippen molar-refractivity contribution < 1.29 is 0 Å². The van der Waals surface area contributed by atoms with Crippen LogP contribution in [0.1, 0.15) is 5.56 Å². The Hall–Kier alpha value is -2.18. The summed E-state index contributed by atoms with van der Waals surface area (Å²) in [6.45, 7) is 1.99. The average molecular weight is 391 g/mol. The summed E-state index contributed by atoms with van der Waals surface area (Å²) in [6.07, 6.45) is 1.56. The molecule has 0 saturated carbocycles. The molecule has 2 aromatic carbocycles. The summed E-state index contributed by atoms with van der Waals surface area (Å²) in [6, 6.07) is 13.4. The Morgan fingerprint density at radius 1 is 1.04 bits per heavy atom. The van der Waals surface area contributed by atoms with Gasteiger partial charge in [-0.1, -0.05) is 29.8 Å². The normalized spacial score (nSPS) is 10.4. The number of nitrogens with zero attached hydrogens (tertiary/aromatic N) is 3. The lowest BCUT2D eigenvalue weighted by atomic mass is 10.2.